The molecule has 1 aromatic heterocycles. The van der Waals surface area contributed by atoms with Gasteiger partial charge in [-0.15, -0.1) is 0 Å². The van der Waals surface area contributed by atoms with Gasteiger partial charge in [0.25, 0.3) is 0 Å². The molecule has 2 unspecified atom stereocenters. The number of carboxylic acids is 1. The summed E-state index contributed by atoms with van der Waals surface area (Å²) in [5.41, 5.74) is -6.41. The van der Waals surface area contributed by atoms with Crippen LogP contribution in [-0.4, -0.2) is 55.2 Å². The number of hydrogen-bond acceptors (Lipinski definition) is 5. The van der Waals surface area contributed by atoms with Crippen molar-refractivity contribution in [3.8, 4) is 11.1 Å². The molecule has 0 spiro atoms. The Morgan fingerprint density at radius 2 is 1.46 bits per heavy atom. The molecule has 1 saturated carbocycles. The van der Waals surface area contributed by atoms with Gasteiger partial charge in [-0.1, -0.05) is 30.3 Å². The first kappa shape index (κ1) is 34.0. The van der Waals surface area contributed by atoms with Crippen molar-refractivity contribution < 1.29 is 58.3 Å². The number of benzene rings is 2. The summed E-state index contributed by atoms with van der Waals surface area (Å²) in [5, 5.41) is 9.37. The smallest absolute Gasteiger partial charge is 0.435 e. The lowest BCUT2D eigenvalue weighted by molar-refractivity contribution is -0.348. The molecule has 0 bridgehead atoms. The van der Waals surface area contributed by atoms with Crippen LogP contribution in [0, 0.1) is 11.8 Å². The highest BCUT2D eigenvalue weighted by atomic mass is 32.2. The van der Waals surface area contributed by atoms with E-state index in [0.29, 0.717) is 23.3 Å². The first-order chi connectivity index (χ1) is 22.4. The number of likely N-dealkylation sites (tertiary alicyclic amines) is 1. The van der Waals surface area contributed by atoms with Crippen LogP contribution in [0.25, 0.3) is 11.1 Å². The molecule has 2 atom stereocenters. The monoisotopic (exact) mass is 701 g/mol. The van der Waals surface area contributed by atoms with Crippen LogP contribution in [-0.2, 0) is 36.3 Å². The maximum atomic E-state index is 15.1. The van der Waals surface area contributed by atoms with E-state index < -0.39 is 62.0 Å². The van der Waals surface area contributed by atoms with Crippen molar-refractivity contribution in [2.75, 3.05) is 6.54 Å². The van der Waals surface area contributed by atoms with E-state index >= 15 is 4.39 Å². The number of hydrogen-bond donors (Lipinski definition) is 1. The van der Waals surface area contributed by atoms with Gasteiger partial charge >= 0.3 is 24.0 Å². The van der Waals surface area contributed by atoms with Gasteiger partial charge in [0.05, 0.1) is 29.4 Å². The lowest BCUT2D eigenvalue weighted by atomic mass is 9.76. The topological polar surface area (TPSA) is 105 Å². The van der Waals surface area contributed by atoms with Gasteiger partial charge in [0.2, 0.25) is 5.91 Å². The minimum Gasteiger partial charge on any atom is -0.481 e. The molecule has 0 radical (unpaired) electrons. The van der Waals surface area contributed by atoms with Crippen LogP contribution in [0.4, 0.5) is 30.7 Å². The molecular formula is C33H30F7NO6S. The Morgan fingerprint density at radius 3 is 2.02 bits per heavy atom. The first-order valence-corrected chi connectivity index (χ1v) is 16.8. The van der Waals surface area contributed by atoms with Crippen molar-refractivity contribution in [3.05, 3.63) is 77.7 Å². The zero-order valence-electron chi connectivity index (χ0n) is 25.2. The van der Waals surface area contributed by atoms with E-state index in [2.05, 4.69) is 0 Å². The third kappa shape index (κ3) is 5.10. The summed E-state index contributed by atoms with van der Waals surface area (Å²) >= 11 is 0. The van der Waals surface area contributed by atoms with Gasteiger partial charge in [-0.3, -0.25) is 9.59 Å². The average molecular weight is 702 g/mol. The summed E-state index contributed by atoms with van der Waals surface area (Å²) in [5.74, 6) is -2.54. The number of carboxylic acid groups (broad SMARTS) is 1. The van der Waals surface area contributed by atoms with E-state index in [-0.39, 0.29) is 73.4 Å². The van der Waals surface area contributed by atoms with E-state index in [1.54, 1.807) is 6.07 Å². The van der Waals surface area contributed by atoms with Crippen molar-refractivity contribution in [3.63, 3.8) is 0 Å². The number of aryl methyl sites for hydroxylation is 1. The second kappa shape index (κ2) is 11.6. The molecule has 2 aromatic carbocycles. The van der Waals surface area contributed by atoms with Crippen LogP contribution in [0.5, 0.6) is 0 Å². The number of halogens is 7. The summed E-state index contributed by atoms with van der Waals surface area (Å²) in [6, 6.07) is 7.95. The molecular weight excluding hydrogens is 671 g/mol. The van der Waals surface area contributed by atoms with E-state index in [1.165, 1.54) is 41.7 Å². The average Bonchev–Trinajstić information content (AvgIpc) is 3.72. The Hall–Kier alpha value is -3.88. The molecule has 2 heterocycles. The quantitative estimate of drug-likeness (QED) is 0.270. The fourth-order valence-corrected chi connectivity index (χ4v) is 10.1. The Labute approximate surface area is 270 Å². The second-order valence-corrected chi connectivity index (χ2v) is 14.9. The molecule has 1 saturated heterocycles. The number of aliphatic carboxylic acids is 1. The van der Waals surface area contributed by atoms with Crippen LogP contribution in [0.2, 0.25) is 0 Å². The van der Waals surface area contributed by atoms with Crippen molar-refractivity contribution in [2.45, 2.75) is 78.7 Å². The van der Waals surface area contributed by atoms with Gasteiger partial charge in [-0.25, -0.2) is 12.8 Å². The van der Waals surface area contributed by atoms with E-state index in [9.17, 15) is 49.5 Å². The van der Waals surface area contributed by atoms with Crippen LogP contribution in [0.15, 0.2) is 70.4 Å². The largest absolute Gasteiger partial charge is 0.481 e. The van der Waals surface area contributed by atoms with Crippen molar-refractivity contribution >= 4 is 21.7 Å². The summed E-state index contributed by atoms with van der Waals surface area (Å²) in [6.07, 6.45) is -9.35. The predicted molar refractivity (Wildman–Crippen MR) is 156 cm³/mol. The van der Waals surface area contributed by atoms with E-state index in [1.807, 2.05) is 0 Å². The van der Waals surface area contributed by atoms with Crippen LogP contribution >= 0.6 is 0 Å². The molecule has 7 nitrogen and oxygen atoms in total. The predicted octanol–water partition coefficient (Wildman–Crippen LogP) is 7.34. The van der Waals surface area contributed by atoms with Crippen LogP contribution in [0.1, 0.15) is 55.2 Å². The Balaban J connectivity index is 1.45. The Kier molecular flexibility index (Phi) is 8.23. The number of carbonyl (C=O) groups is 2. The number of amides is 1. The summed E-state index contributed by atoms with van der Waals surface area (Å²) in [7, 11) is -4.51. The molecule has 2 aliphatic carbocycles. The van der Waals surface area contributed by atoms with Gasteiger partial charge in [-0.05, 0) is 79.8 Å². The molecule has 2 fully saturated rings. The first-order valence-electron chi connectivity index (χ1n) is 15.3. The third-order valence-corrected chi connectivity index (χ3v) is 12.8. The van der Waals surface area contributed by atoms with Crippen molar-refractivity contribution in [2.24, 2.45) is 11.8 Å². The molecule has 15 heteroatoms. The van der Waals surface area contributed by atoms with Crippen LogP contribution in [0.3, 0.4) is 0 Å². The molecule has 258 valence electrons. The Bertz CT molecular complexity index is 1800. The summed E-state index contributed by atoms with van der Waals surface area (Å²) in [4.78, 5) is 26.6. The SMILES string of the molecule is O=C(O)C1CCC(C(=O)N2CCC3(S(=O)(=O)c4ccc(-c5ccoc5)cc4)c4ccc(C(F)(C(F)(F)F)C(F)(F)F)cc4CCC23)CC1. The number of nitrogens with zero attached hydrogens (tertiary/aromatic N) is 1. The fraction of sp³-hybridized carbons (Fsp3) is 0.455. The molecule has 1 amide bonds. The molecule has 3 aliphatic rings. The highest BCUT2D eigenvalue weighted by Gasteiger charge is 2.74. The summed E-state index contributed by atoms with van der Waals surface area (Å²) in [6.45, 7) is -0.0754. The second-order valence-electron chi connectivity index (χ2n) is 12.7. The Morgan fingerprint density at radius 1 is 0.833 bits per heavy atom. The normalized spacial score (nSPS) is 25.0. The third-order valence-electron chi connectivity index (χ3n) is 10.3. The highest BCUT2D eigenvalue weighted by molar-refractivity contribution is 7.92. The van der Waals surface area contributed by atoms with Gasteiger partial charge in [-0.2, -0.15) is 26.3 Å². The molecule has 3 aromatic rings. The number of furan rings is 1. The van der Waals surface area contributed by atoms with E-state index in [0.717, 1.165) is 6.07 Å². The lowest BCUT2D eigenvalue weighted by Gasteiger charge is -2.44. The minimum atomic E-state index is -6.35. The number of sulfone groups is 1. The molecule has 48 heavy (non-hydrogen) atoms. The zero-order chi connectivity index (χ0) is 34.9. The molecule has 1 N–H and O–H groups in total. The van der Waals surface area contributed by atoms with Gasteiger partial charge < -0.3 is 14.4 Å². The zero-order valence-corrected chi connectivity index (χ0v) is 26.0. The van der Waals surface area contributed by atoms with E-state index in [4.69, 9.17) is 4.42 Å². The van der Waals surface area contributed by atoms with Gasteiger partial charge in [0.15, 0.2) is 9.84 Å². The maximum absolute atomic E-state index is 15.1. The molecule has 6 rings (SSSR count). The lowest BCUT2D eigenvalue weighted by Crippen LogP contribution is -2.53. The minimum absolute atomic E-state index is 0.0754. The fourth-order valence-electron chi connectivity index (χ4n) is 7.78. The van der Waals surface area contributed by atoms with Gasteiger partial charge in [0.1, 0.15) is 4.75 Å². The van der Waals surface area contributed by atoms with Crippen molar-refractivity contribution in [1.82, 2.24) is 4.90 Å². The standard InChI is InChI=1S/C33H30F7NO6S/c34-31(32(35,36)37,33(38,39)40)24-8-11-26-22(17-24)7-12-27-30(26,14-15-41(27)28(42)20-1-3-21(4-2-20)29(43)44)48(45,46)25-9-5-19(6-10-25)23-13-16-47-18-23/h5-6,8-11,13,16-18,20-21,27H,1-4,7,12,14-15H2,(H,43,44). The maximum Gasteiger partial charge on any atom is 0.435 e. The number of fused-ring (bicyclic) bond motifs is 3. The number of alkyl halides is 7. The highest BCUT2D eigenvalue weighted by Crippen LogP contribution is 2.57. The number of carbonyl (C=O) groups excluding carboxylic acids is 1. The van der Waals surface area contributed by atoms with Crippen molar-refractivity contribution in [1.29, 1.82) is 0 Å². The van der Waals surface area contributed by atoms with Gasteiger partial charge in [0, 0.05) is 23.6 Å². The summed E-state index contributed by atoms with van der Waals surface area (Å²) < 4.78 is 130. The van der Waals surface area contributed by atoms with Crippen LogP contribution < -0.4 is 0 Å². The number of rotatable bonds is 6. The molecule has 1 aliphatic heterocycles.